The smallest absolute Gasteiger partial charge is 0.317 e. The minimum Gasteiger partial charge on any atom is -0.496 e. The molecule has 1 saturated heterocycles. The molecular formula is C17H26N2O3. The number of urea groups is 1. The highest BCUT2D eigenvalue weighted by Gasteiger charge is 2.26. The summed E-state index contributed by atoms with van der Waals surface area (Å²) in [5.41, 5.74) is 1.09. The molecule has 0 bridgehead atoms. The van der Waals surface area contributed by atoms with Crippen LogP contribution in [0.25, 0.3) is 0 Å². The standard InChI is InChI=1S/C17H26N2O3/c1-13(20)15-7-5-11-19(12-15)17(21)18-10-9-14-6-3-4-8-16(14)22-2/h3-4,6,8,13,15,20H,5,7,9-12H2,1-2H3,(H,18,21). The number of carbonyl (C=O) groups excluding carboxylic acids is 1. The molecule has 1 aliphatic rings. The number of methoxy groups -OCH3 is 1. The third kappa shape index (κ3) is 4.37. The van der Waals surface area contributed by atoms with Crippen LogP contribution in [0.2, 0.25) is 0 Å². The number of ether oxygens (including phenoxy) is 1. The SMILES string of the molecule is COc1ccccc1CCNC(=O)N1CCCC(C(C)O)C1. The zero-order chi connectivity index (χ0) is 15.9. The van der Waals surface area contributed by atoms with Gasteiger partial charge in [0, 0.05) is 25.6 Å². The molecular weight excluding hydrogens is 280 g/mol. The predicted molar refractivity (Wildman–Crippen MR) is 86.1 cm³/mol. The normalized spacial score (nSPS) is 19.6. The number of aliphatic hydroxyl groups is 1. The van der Waals surface area contributed by atoms with Crippen LogP contribution < -0.4 is 10.1 Å². The summed E-state index contributed by atoms with van der Waals surface area (Å²) in [5, 5.41) is 12.6. The fourth-order valence-electron chi connectivity index (χ4n) is 2.91. The molecule has 1 aromatic carbocycles. The summed E-state index contributed by atoms with van der Waals surface area (Å²) in [7, 11) is 1.65. The molecule has 2 amide bonds. The van der Waals surface area contributed by atoms with Crippen LogP contribution >= 0.6 is 0 Å². The highest BCUT2D eigenvalue weighted by Crippen LogP contribution is 2.20. The van der Waals surface area contributed by atoms with Gasteiger partial charge in [0.1, 0.15) is 5.75 Å². The highest BCUT2D eigenvalue weighted by atomic mass is 16.5. The first-order valence-corrected chi connectivity index (χ1v) is 7.94. The Kier molecular flexibility index (Phi) is 6.07. The van der Waals surface area contributed by atoms with Gasteiger partial charge >= 0.3 is 6.03 Å². The second-order valence-corrected chi connectivity index (χ2v) is 5.88. The first-order chi connectivity index (χ1) is 10.6. The summed E-state index contributed by atoms with van der Waals surface area (Å²) in [4.78, 5) is 14.0. The van der Waals surface area contributed by atoms with Gasteiger partial charge in [-0.2, -0.15) is 0 Å². The zero-order valence-electron chi connectivity index (χ0n) is 13.4. The number of nitrogens with zero attached hydrogens (tertiary/aromatic N) is 1. The van der Waals surface area contributed by atoms with Crippen molar-refractivity contribution in [1.82, 2.24) is 10.2 Å². The fourth-order valence-corrected chi connectivity index (χ4v) is 2.91. The van der Waals surface area contributed by atoms with Crippen LogP contribution in [0.15, 0.2) is 24.3 Å². The van der Waals surface area contributed by atoms with E-state index in [1.54, 1.807) is 14.0 Å². The van der Waals surface area contributed by atoms with Gasteiger partial charge < -0.3 is 20.1 Å². The van der Waals surface area contributed by atoms with E-state index in [2.05, 4.69) is 5.32 Å². The van der Waals surface area contributed by atoms with Gasteiger partial charge in [0.15, 0.2) is 0 Å². The first-order valence-electron chi connectivity index (χ1n) is 7.94. The molecule has 5 nitrogen and oxygen atoms in total. The number of likely N-dealkylation sites (tertiary alicyclic amines) is 1. The van der Waals surface area contributed by atoms with Gasteiger partial charge in [-0.3, -0.25) is 0 Å². The lowest BCUT2D eigenvalue weighted by Gasteiger charge is -2.34. The summed E-state index contributed by atoms with van der Waals surface area (Å²) >= 11 is 0. The molecule has 2 rings (SSSR count). The Labute approximate surface area is 132 Å². The average Bonchev–Trinajstić information content (AvgIpc) is 2.55. The lowest BCUT2D eigenvalue weighted by Crippen LogP contribution is -2.47. The number of para-hydroxylation sites is 1. The van der Waals surface area contributed by atoms with Crippen molar-refractivity contribution in [3.63, 3.8) is 0 Å². The van der Waals surface area contributed by atoms with E-state index < -0.39 is 0 Å². The molecule has 22 heavy (non-hydrogen) atoms. The molecule has 2 N–H and O–H groups in total. The highest BCUT2D eigenvalue weighted by molar-refractivity contribution is 5.74. The van der Waals surface area contributed by atoms with Gasteiger partial charge in [-0.1, -0.05) is 18.2 Å². The Morgan fingerprint density at radius 1 is 1.50 bits per heavy atom. The number of nitrogens with one attached hydrogen (secondary N) is 1. The Bertz CT molecular complexity index is 491. The minimum atomic E-state index is -0.357. The number of benzene rings is 1. The molecule has 2 unspecified atom stereocenters. The number of piperidine rings is 1. The van der Waals surface area contributed by atoms with E-state index in [9.17, 15) is 9.90 Å². The maximum atomic E-state index is 12.2. The quantitative estimate of drug-likeness (QED) is 0.875. The summed E-state index contributed by atoms with van der Waals surface area (Å²) < 4.78 is 5.31. The molecule has 122 valence electrons. The summed E-state index contributed by atoms with van der Waals surface area (Å²) in [6.45, 7) is 3.78. The van der Waals surface area contributed by atoms with E-state index in [1.807, 2.05) is 29.2 Å². The van der Waals surface area contributed by atoms with E-state index in [0.717, 1.165) is 37.1 Å². The predicted octanol–water partition coefficient (Wildman–Crippen LogP) is 2.04. The van der Waals surface area contributed by atoms with E-state index in [-0.39, 0.29) is 18.1 Å². The van der Waals surface area contributed by atoms with Crippen molar-refractivity contribution in [2.45, 2.75) is 32.3 Å². The van der Waals surface area contributed by atoms with Gasteiger partial charge in [-0.15, -0.1) is 0 Å². The Morgan fingerprint density at radius 2 is 2.27 bits per heavy atom. The fraction of sp³-hybridized carbons (Fsp3) is 0.588. The second kappa shape index (κ2) is 8.03. The van der Waals surface area contributed by atoms with Crippen molar-refractivity contribution >= 4 is 6.03 Å². The van der Waals surface area contributed by atoms with E-state index in [4.69, 9.17) is 4.74 Å². The Morgan fingerprint density at radius 3 is 3.00 bits per heavy atom. The summed E-state index contributed by atoms with van der Waals surface area (Å²) in [6, 6.07) is 7.80. The maximum Gasteiger partial charge on any atom is 0.317 e. The van der Waals surface area contributed by atoms with Crippen molar-refractivity contribution < 1.29 is 14.6 Å². The molecule has 1 aromatic rings. The average molecular weight is 306 g/mol. The molecule has 1 fully saturated rings. The molecule has 0 aliphatic carbocycles. The first kappa shape index (κ1) is 16.6. The number of hydrogen-bond donors (Lipinski definition) is 2. The van der Waals surface area contributed by atoms with Crippen molar-refractivity contribution in [3.8, 4) is 5.75 Å². The monoisotopic (exact) mass is 306 g/mol. The van der Waals surface area contributed by atoms with Crippen molar-refractivity contribution in [1.29, 1.82) is 0 Å². The van der Waals surface area contributed by atoms with Crippen molar-refractivity contribution in [2.24, 2.45) is 5.92 Å². The topological polar surface area (TPSA) is 61.8 Å². The van der Waals surface area contributed by atoms with Gasteiger partial charge in [0.25, 0.3) is 0 Å². The molecule has 1 heterocycles. The van der Waals surface area contributed by atoms with Gasteiger partial charge in [0.05, 0.1) is 13.2 Å². The largest absolute Gasteiger partial charge is 0.496 e. The van der Waals surface area contributed by atoms with Gasteiger partial charge in [-0.25, -0.2) is 4.79 Å². The van der Waals surface area contributed by atoms with E-state index >= 15 is 0 Å². The Hall–Kier alpha value is -1.75. The summed E-state index contributed by atoms with van der Waals surface area (Å²) in [5.74, 6) is 1.04. The lowest BCUT2D eigenvalue weighted by atomic mass is 9.94. The third-order valence-corrected chi connectivity index (χ3v) is 4.29. The zero-order valence-corrected chi connectivity index (χ0v) is 13.4. The lowest BCUT2D eigenvalue weighted by molar-refractivity contribution is 0.0740. The number of aliphatic hydroxyl groups excluding tert-OH is 1. The number of hydrogen-bond acceptors (Lipinski definition) is 3. The second-order valence-electron chi connectivity index (χ2n) is 5.88. The summed E-state index contributed by atoms with van der Waals surface area (Å²) in [6.07, 6.45) is 2.32. The van der Waals surface area contributed by atoms with Crippen LogP contribution in [0, 0.1) is 5.92 Å². The molecule has 0 radical (unpaired) electrons. The minimum absolute atomic E-state index is 0.0414. The van der Waals surface area contributed by atoms with Crippen LogP contribution in [0.1, 0.15) is 25.3 Å². The Balaban J connectivity index is 1.80. The van der Waals surface area contributed by atoms with Crippen molar-refractivity contribution in [3.05, 3.63) is 29.8 Å². The molecule has 5 heteroatoms. The molecule has 2 atom stereocenters. The van der Waals surface area contributed by atoms with Gasteiger partial charge in [0.2, 0.25) is 0 Å². The van der Waals surface area contributed by atoms with Gasteiger partial charge in [-0.05, 0) is 37.8 Å². The van der Waals surface area contributed by atoms with Crippen LogP contribution in [0.4, 0.5) is 4.79 Å². The van der Waals surface area contributed by atoms with Crippen LogP contribution in [-0.4, -0.2) is 48.9 Å². The molecule has 0 spiro atoms. The van der Waals surface area contributed by atoms with E-state index in [1.165, 1.54) is 0 Å². The maximum absolute atomic E-state index is 12.2. The number of carbonyl (C=O) groups is 1. The van der Waals surface area contributed by atoms with E-state index in [0.29, 0.717) is 13.1 Å². The van der Waals surface area contributed by atoms with Crippen LogP contribution in [-0.2, 0) is 6.42 Å². The van der Waals surface area contributed by atoms with Crippen LogP contribution in [0.5, 0.6) is 5.75 Å². The number of amides is 2. The molecule has 0 aromatic heterocycles. The van der Waals surface area contributed by atoms with Crippen LogP contribution in [0.3, 0.4) is 0 Å². The van der Waals surface area contributed by atoms with Crippen molar-refractivity contribution in [2.75, 3.05) is 26.7 Å². The molecule has 1 aliphatic heterocycles. The third-order valence-electron chi connectivity index (χ3n) is 4.29. The number of rotatable bonds is 5. The molecule has 0 saturated carbocycles.